The first-order valence-electron chi connectivity index (χ1n) is 6.16. The number of nitrogens with one attached hydrogen (secondary N) is 1. The summed E-state index contributed by atoms with van der Waals surface area (Å²) in [6.45, 7) is 4.51. The molecule has 0 aliphatic heterocycles. The first-order valence-corrected chi connectivity index (χ1v) is 6.16. The highest BCUT2D eigenvalue weighted by Crippen LogP contribution is 2.00. The molecule has 1 aromatic rings. The van der Waals surface area contributed by atoms with Crippen LogP contribution in [0.4, 0.5) is 0 Å². The van der Waals surface area contributed by atoms with Crippen molar-refractivity contribution in [2.24, 2.45) is 5.92 Å². The molecule has 0 saturated heterocycles. The fourth-order valence-electron chi connectivity index (χ4n) is 1.34. The zero-order valence-electron chi connectivity index (χ0n) is 10.9. The van der Waals surface area contributed by atoms with Crippen molar-refractivity contribution in [2.45, 2.75) is 26.6 Å². The summed E-state index contributed by atoms with van der Waals surface area (Å²) in [5.41, 5.74) is 1.03. The van der Waals surface area contributed by atoms with Gasteiger partial charge in [0.05, 0.1) is 12.7 Å². The first kappa shape index (κ1) is 14.7. The number of hydrogen-bond acceptors (Lipinski definition) is 3. The van der Waals surface area contributed by atoms with E-state index >= 15 is 0 Å². The normalized spacial score (nSPS) is 12.4. The lowest BCUT2D eigenvalue weighted by Gasteiger charge is -2.15. The van der Waals surface area contributed by atoms with Crippen LogP contribution in [0.5, 0.6) is 0 Å². The lowest BCUT2D eigenvalue weighted by atomic mass is 10.1. The van der Waals surface area contributed by atoms with Crippen LogP contribution in [0.15, 0.2) is 30.3 Å². The van der Waals surface area contributed by atoms with Crippen LogP contribution in [0.2, 0.25) is 0 Å². The molecule has 0 spiro atoms. The second kappa shape index (κ2) is 7.84. The van der Waals surface area contributed by atoms with Gasteiger partial charge in [0, 0.05) is 6.54 Å². The van der Waals surface area contributed by atoms with Crippen LogP contribution in [0, 0.1) is 5.92 Å². The summed E-state index contributed by atoms with van der Waals surface area (Å²) in [6.07, 6.45) is -0.511. The van der Waals surface area contributed by atoms with Gasteiger partial charge in [0.25, 0.3) is 0 Å². The van der Waals surface area contributed by atoms with Gasteiger partial charge in [0.2, 0.25) is 5.91 Å². The highest BCUT2D eigenvalue weighted by Gasteiger charge is 2.10. The summed E-state index contributed by atoms with van der Waals surface area (Å²) in [7, 11) is 0. The van der Waals surface area contributed by atoms with Crippen molar-refractivity contribution in [3.05, 3.63) is 35.9 Å². The van der Waals surface area contributed by atoms with Gasteiger partial charge in [-0.15, -0.1) is 0 Å². The molecule has 0 heterocycles. The standard InChI is InChI=1S/C14H21NO3/c1-11(2)13(16)8-15-14(17)10-18-9-12-6-4-3-5-7-12/h3-7,11,13,16H,8-10H2,1-2H3,(H,15,17). The van der Waals surface area contributed by atoms with Crippen molar-refractivity contribution >= 4 is 5.91 Å². The van der Waals surface area contributed by atoms with Crippen LogP contribution in [-0.2, 0) is 16.1 Å². The Morgan fingerprint density at radius 3 is 2.61 bits per heavy atom. The van der Waals surface area contributed by atoms with E-state index in [-0.39, 0.29) is 25.0 Å². The molecule has 0 saturated carbocycles. The highest BCUT2D eigenvalue weighted by atomic mass is 16.5. The molecule has 18 heavy (non-hydrogen) atoms. The van der Waals surface area contributed by atoms with Gasteiger partial charge in [-0.1, -0.05) is 44.2 Å². The molecule has 4 nitrogen and oxygen atoms in total. The summed E-state index contributed by atoms with van der Waals surface area (Å²) in [5.74, 6) is -0.0684. The van der Waals surface area contributed by atoms with E-state index in [0.717, 1.165) is 5.56 Å². The average Bonchev–Trinajstić information content (AvgIpc) is 2.37. The van der Waals surface area contributed by atoms with Crippen LogP contribution in [0.1, 0.15) is 19.4 Å². The van der Waals surface area contributed by atoms with Crippen molar-refractivity contribution in [3.63, 3.8) is 0 Å². The minimum Gasteiger partial charge on any atom is -0.391 e. The molecule has 0 aliphatic rings. The van der Waals surface area contributed by atoms with E-state index in [1.165, 1.54) is 0 Å². The van der Waals surface area contributed by atoms with Gasteiger partial charge >= 0.3 is 0 Å². The van der Waals surface area contributed by atoms with E-state index in [1.807, 2.05) is 44.2 Å². The summed E-state index contributed by atoms with van der Waals surface area (Å²) in [5, 5.41) is 12.2. The predicted octanol–water partition coefficient (Wildman–Crippen LogP) is 1.34. The second-order valence-electron chi connectivity index (χ2n) is 4.59. The molecule has 0 aliphatic carbocycles. The molecule has 2 N–H and O–H groups in total. The van der Waals surface area contributed by atoms with Crippen molar-refractivity contribution in [1.29, 1.82) is 0 Å². The maximum Gasteiger partial charge on any atom is 0.246 e. The third-order valence-electron chi connectivity index (χ3n) is 2.62. The fraction of sp³-hybridized carbons (Fsp3) is 0.500. The number of aliphatic hydroxyl groups is 1. The maximum atomic E-state index is 11.4. The Kier molecular flexibility index (Phi) is 6.39. The Bertz CT molecular complexity index is 351. The zero-order valence-corrected chi connectivity index (χ0v) is 10.9. The van der Waals surface area contributed by atoms with Crippen molar-refractivity contribution in [1.82, 2.24) is 5.32 Å². The van der Waals surface area contributed by atoms with Crippen molar-refractivity contribution in [3.8, 4) is 0 Å². The Morgan fingerprint density at radius 1 is 1.33 bits per heavy atom. The third kappa shape index (κ3) is 5.80. The third-order valence-corrected chi connectivity index (χ3v) is 2.62. The van der Waals surface area contributed by atoms with Gasteiger partial charge in [0.15, 0.2) is 0 Å². The molecule has 0 fully saturated rings. The molecule has 1 amide bonds. The Balaban J connectivity index is 2.14. The second-order valence-corrected chi connectivity index (χ2v) is 4.59. The summed E-state index contributed by atoms with van der Waals surface area (Å²) in [6, 6.07) is 9.68. The molecule has 1 rings (SSSR count). The molecule has 0 radical (unpaired) electrons. The Labute approximate surface area is 108 Å². The molecule has 1 atom stereocenters. The molecule has 4 heteroatoms. The topological polar surface area (TPSA) is 58.6 Å². The SMILES string of the molecule is CC(C)C(O)CNC(=O)COCc1ccccc1. The fourth-order valence-corrected chi connectivity index (χ4v) is 1.34. The number of rotatable bonds is 7. The minimum absolute atomic E-state index is 0.0136. The van der Waals surface area contributed by atoms with Crippen LogP contribution in [0.25, 0.3) is 0 Å². The van der Waals surface area contributed by atoms with Gasteiger partial charge in [-0.3, -0.25) is 4.79 Å². The van der Waals surface area contributed by atoms with Crippen molar-refractivity contribution in [2.75, 3.05) is 13.2 Å². The summed E-state index contributed by atoms with van der Waals surface area (Å²) in [4.78, 5) is 11.4. The van der Waals surface area contributed by atoms with E-state index in [4.69, 9.17) is 4.74 Å². The van der Waals surface area contributed by atoms with Gasteiger partial charge < -0.3 is 15.2 Å². The largest absolute Gasteiger partial charge is 0.391 e. The lowest BCUT2D eigenvalue weighted by molar-refractivity contribution is -0.126. The van der Waals surface area contributed by atoms with E-state index in [1.54, 1.807) is 0 Å². The molecule has 0 aromatic heterocycles. The Morgan fingerprint density at radius 2 is 2.00 bits per heavy atom. The number of ether oxygens (including phenoxy) is 1. The van der Waals surface area contributed by atoms with E-state index < -0.39 is 6.10 Å². The van der Waals surface area contributed by atoms with Gasteiger partial charge in [0.1, 0.15) is 6.61 Å². The molecular weight excluding hydrogens is 230 g/mol. The Hall–Kier alpha value is -1.39. The van der Waals surface area contributed by atoms with Crippen LogP contribution in [-0.4, -0.2) is 30.3 Å². The van der Waals surface area contributed by atoms with E-state index in [2.05, 4.69) is 5.32 Å². The number of benzene rings is 1. The number of aliphatic hydroxyl groups excluding tert-OH is 1. The molecule has 1 aromatic carbocycles. The average molecular weight is 251 g/mol. The van der Waals surface area contributed by atoms with Gasteiger partial charge in [-0.25, -0.2) is 0 Å². The molecule has 1 unspecified atom stereocenters. The molecule has 0 bridgehead atoms. The predicted molar refractivity (Wildman–Crippen MR) is 70.0 cm³/mol. The van der Waals surface area contributed by atoms with Crippen LogP contribution < -0.4 is 5.32 Å². The summed E-state index contributed by atoms with van der Waals surface area (Å²) >= 11 is 0. The summed E-state index contributed by atoms with van der Waals surface area (Å²) < 4.78 is 5.28. The highest BCUT2D eigenvalue weighted by molar-refractivity contribution is 5.77. The quantitative estimate of drug-likeness (QED) is 0.768. The van der Waals surface area contributed by atoms with Crippen molar-refractivity contribution < 1.29 is 14.6 Å². The minimum atomic E-state index is -0.511. The number of carbonyl (C=O) groups excluding carboxylic acids is 1. The molecule has 100 valence electrons. The maximum absolute atomic E-state index is 11.4. The first-order chi connectivity index (χ1) is 8.59. The van der Waals surface area contributed by atoms with Gasteiger partial charge in [-0.2, -0.15) is 0 Å². The number of carbonyl (C=O) groups is 1. The smallest absolute Gasteiger partial charge is 0.246 e. The van der Waals surface area contributed by atoms with Gasteiger partial charge in [-0.05, 0) is 11.5 Å². The van der Waals surface area contributed by atoms with E-state index in [0.29, 0.717) is 6.61 Å². The lowest BCUT2D eigenvalue weighted by Crippen LogP contribution is -2.36. The molecular formula is C14H21NO3. The monoisotopic (exact) mass is 251 g/mol. The zero-order chi connectivity index (χ0) is 13.4. The number of amides is 1. The van der Waals surface area contributed by atoms with Crippen LogP contribution in [0.3, 0.4) is 0 Å². The van der Waals surface area contributed by atoms with E-state index in [9.17, 15) is 9.90 Å². The number of hydrogen-bond donors (Lipinski definition) is 2. The van der Waals surface area contributed by atoms with Crippen LogP contribution >= 0.6 is 0 Å².